The largest absolute Gasteiger partial charge is 0.320 e. The Balaban J connectivity index is 2.88. The summed E-state index contributed by atoms with van der Waals surface area (Å²) in [7, 11) is -3.68. The van der Waals surface area contributed by atoms with Crippen LogP contribution in [0, 0.1) is 23.6 Å². The molecule has 5 nitrogen and oxygen atoms in total. The first kappa shape index (κ1) is 16.4. The molecular formula is C13H18FN3O2S. The molecule has 0 radical (unpaired) electrons. The van der Waals surface area contributed by atoms with Crippen LogP contribution in [0.3, 0.4) is 0 Å². The lowest BCUT2D eigenvalue weighted by Gasteiger charge is -2.11. The molecule has 1 aromatic rings. The van der Waals surface area contributed by atoms with Gasteiger partial charge in [-0.25, -0.2) is 4.39 Å². The molecule has 0 saturated carbocycles. The van der Waals surface area contributed by atoms with Gasteiger partial charge in [-0.15, -0.1) is 0 Å². The number of anilines is 1. The highest BCUT2D eigenvalue weighted by Gasteiger charge is 2.11. The van der Waals surface area contributed by atoms with E-state index in [9.17, 15) is 12.8 Å². The molecule has 0 heterocycles. The normalized spacial score (nSPS) is 11.1. The van der Waals surface area contributed by atoms with Gasteiger partial charge in [0.15, 0.2) is 0 Å². The molecular weight excluding hydrogens is 281 g/mol. The van der Waals surface area contributed by atoms with Crippen molar-refractivity contribution in [3.63, 3.8) is 0 Å². The average Bonchev–Trinajstić information content (AvgIpc) is 2.37. The van der Waals surface area contributed by atoms with E-state index in [2.05, 4.69) is 21.3 Å². The number of benzene rings is 1. The van der Waals surface area contributed by atoms with Gasteiger partial charge < -0.3 is 5.73 Å². The Hall–Kier alpha value is -1.62. The predicted octanol–water partition coefficient (Wildman–Crippen LogP) is 1.04. The Labute approximate surface area is 118 Å². The van der Waals surface area contributed by atoms with Gasteiger partial charge >= 0.3 is 0 Å². The first-order valence-electron chi connectivity index (χ1n) is 6.10. The molecule has 0 fully saturated rings. The molecule has 0 spiro atoms. The molecule has 110 valence electrons. The number of hydrogen-bond donors (Lipinski definition) is 3. The van der Waals surface area contributed by atoms with Crippen LogP contribution < -0.4 is 15.2 Å². The van der Waals surface area contributed by atoms with Crippen molar-refractivity contribution in [1.82, 2.24) is 4.72 Å². The van der Waals surface area contributed by atoms with Gasteiger partial charge in [0.05, 0.1) is 17.8 Å². The molecule has 0 aliphatic heterocycles. The van der Waals surface area contributed by atoms with Crippen LogP contribution in [0.4, 0.5) is 10.1 Å². The van der Waals surface area contributed by atoms with Gasteiger partial charge in [0.1, 0.15) is 5.82 Å². The van der Waals surface area contributed by atoms with Crippen molar-refractivity contribution in [2.75, 3.05) is 17.8 Å². The maximum absolute atomic E-state index is 13.4. The third kappa shape index (κ3) is 5.57. The zero-order valence-electron chi connectivity index (χ0n) is 11.4. The average molecular weight is 299 g/mol. The summed E-state index contributed by atoms with van der Waals surface area (Å²) in [5.41, 5.74) is 5.55. The van der Waals surface area contributed by atoms with Crippen molar-refractivity contribution in [3.8, 4) is 11.8 Å². The number of halogens is 1. The zero-order valence-corrected chi connectivity index (χ0v) is 12.2. The fourth-order valence-corrected chi connectivity index (χ4v) is 2.36. The Kier molecular flexibility index (Phi) is 5.95. The van der Waals surface area contributed by atoms with Crippen molar-refractivity contribution in [2.45, 2.75) is 13.8 Å². The van der Waals surface area contributed by atoms with Crippen molar-refractivity contribution >= 4 is 15.9 Å². The fraction of sp³-hybridized carbons (Fsp3) is 0.385. The molecule has 0 aliphatic carbocycles. The van der Waals surface area contributed by atoms with E-state index in [0.29, 0.717) is 6.54 Å². The molecule has 0 saturated heterocycles. The van der Waals surface area contributed by atoms with E-state index in [1.165, 1.54) is 12.1 Å². The molecule has 0 atom stereocenters. The topological polar surface area (TPSA) is 84.2 Å². The van der Waals surface area contributed by atoms with Gasteiger partial charge in [-0.2, -0.15) is 13.1 Å². The van der Waals surface area contributed by atoms with E-state index < -0.39 is 16.0 Å². The molecule has 0 unspecified atom stereocenters. The second kappa shape index (κ2) is 7.24. The fourth-order valence-electron chi connectivity index (χ4n) is 1.30. The van der Waals surface area contributed by atoms with Crippen LogP contribution in [0.25, 0.3) is 0 Å². The maximum Gasteiger partial charge on any atom is 0.299 e. The lowest BCUT2D eigenvalue weighted by atomic mass is 10.2. The van der Waals surface area contributed by atoms with Gasteiger partial charge in [-0.3, -0.25) is 4.72 Å². The molecule has 1 rings (SSSR count). The highest BCUT2D eigenvalue weighted by Crippen LogP contribution is 2.14. The summed E-state index contributed by atoms with van der Waals surface area (Å²) < 4.78 is 41.6. The number of rotatable bonds is 5. The van der Waals surface area contributed by atoms with Gasteiger partial charge in [0, 0.05) is 6.54 Å². The Bertz CT molecular complexity index is 618. The van der Waals surface area contributed by atoms with Gasteiger partial charge in [0.25, 0.3) is 10.2 Å². The molecule has 0 bridgehead atoms. The highest BCUT2D eigenvalue weighted by molar-refractivity contribution is 7.90. The van der Waals surface area contributed by atoms with Crippen LogP contribution in [0.2, 0.25) is 0 Å². The van der Waals surface area contributed by atoms with Crippen LogP contribution in [0.5, 0.6) is 0 Å². The molecule has 0 aliphatic rings. The SMILES string of the molecule is CC(C)CNS(=O)(=O)Nc1ccc(F)c(C#CCN)c1. The summed E-state index contributed by atoms with van der Waals surface area (Å²) in [5.74, 6) is 4.73. The minimum atomic E-state index is -3.68. The third-order valence-electron chi connectivity index (χ3n) is 2.23. The molecule has 0 amide bonds. The summed E-state index contributed by atoms with van der Waals surface area (Å²) in [6.07, 6.45) is 0. The van der Waals surface area contributed by atoms with Gasteiger partial charge in [-0.1, -0.05) is 25.7 Å². The minimum Gasteiger partial charge on any atom is -0.320 e. The monoisotopic (exact) mass is 299 g/mol. The molecule has 20 heavy (non-hydrogen) atoms. The lowest BCUT2D eigenvalue weighted by molar-refractivity contribution is 0.565. The Morgan fingerprint density at radius 1 is 1.40 bits per heavy atom. The summed E-state index contributed by atoms with van der Waals surface area (Å²) in [6, 6.07) is 3.81. The summed E-state index contributed by atoms with van der Waals surface area (Å²) in [5, 5.41) is 0. The van der Waals surface area contributed by atoms with Gasteiger partial charge in [-0.05, 0) is 24.1 Å². The molecule has 4 N–H and O–H groups in total. The van der Waals surface area contributed by atoms with Crippen molar-refractivity contribution in [2.24, 2.45) is 11.7 Å². The van der Waals surface area contributed by atoms with E-state index in [-0.39, 0.29) is 23.7 Å². The molecule has 1 aromatic carbocycles. The van der Waals surface area contributed by atoms with Crippen molar-refractivity contribution in [1.29, 1.82) is 0 Å². The summed E-state index contributed by atoms with van der Waals surface area (Å²) >= 11 is 0. The lowest BCUT2D eigenvalue weighted by Crippen LogP contribution is -2.32. The number of nitrogens with two attached hydrogens (primary N) is 1. The van der Waals surface area contributed by atoms with Crippen LogP contribution in [0.15, 0.2) is 18.2 Å². The molecule has 0 aromatic heterocycles. The highest BCUT2D eigenvalue weighted by atomic mass is 32.2. The maximum atomic E-state index is 13.4. The van der Waals surface area contributed by atoms with E-state index in [4.69, 9.17) is 5.73 Å². The number of nitrogens with one attached hydrogen (secondary N) is 2. The quantitative estimate of drug-likeness (QED) is 0.710. The smallest absolute Gasteiger partial charge is 0.299 e. The standard InChI is InChI=1S/C13H18FN3O2S/c1-10(2)9-16-20(18,19)17-12-5-6-13(14)11(8-12)4-3-7-15/h5-6,8,10,16-17H,7,9,15H2,1-2H3. The van der Waals surface area contributed by atoms with Crippen LogP contribution in [0.1, 0.15) is 19.4 Å². The molecule has 7 heteroatoms. The van der Waals surface area contributed by atoms with Gasteiger partial charge in [0.2, 0.25) is 0 Å². The summed E-state index contributed by atoms with van der Waals surface area (Å²) in [4.78, 5) is 0. The predicted molar refractivity (Wildman–Crippen MR) is 77.7 cm³/mol. The third-order valence-corrected chi connectivity index (χ3v) is 3.28. The first-order chi connectivity index (χ1) is 9.34. The van der Waals surface area contributed by atoms with E-state index in [1.807, 2.05) is 13.8 Å². The van der Waals surface area contributed by atoms with Crippen LogP contribution in [-0.4, -0.2) is 21.5 Å². The minimum absolute atomic E-state index is 0.0968. The van der Waals surface area contributed by atoms with E-state index in [0.717, 1.165) is 6.07 Å². The van der Waals surface area contributed by atoms with Crippen molar-refractivity contribution < 1.29 is 12.8 Å². The Morgan fingerprint density at radius 2 is 2.10 bits per heavy atom. The van der Waals surface area contributed by atoms with Crippen molar-refractivity contribution in [3.05, 3.63) is 29.6 Å². The van der Waals surface area contributed by atoms with E-state index >= 15 is 0 Å². The second-order valence-electron chi connectivity index (χ2n) is 4.55. The van der Waals surface area contributed by atoms with Crippen LogP contribution >= 0.6 is 0 Å². The first-order valence-corrected chi connectivity index (χ1v) is 7.58. The summed E-state index contributed by atoms with van der Waals surface area (Å²) in [6.45, 7) is 4.20. The van der Waals surface area contributed by atoms with E-state index in [1.54, 1.807) is 0 Å². The zero-order chi connectivity index (χ0) is 15.2. The Morgan fingerprint density at radius 3 is 2.70 bits per heavy atom. The number of hydrogen-bond acceptors (Lipinski definition) is 3. The second-order valence-corrected chi connectivity index (χ2v) is 6.05. The van der Waals surface area contributed by atoms with Crippen LogP contribution in [-0.2, 0) is 10.2 Å².